The predicted octanol–water partition coefficient (Wildman–Crippen LogP) is 3.44. The van der Waals surface area contributed by atoms with E-state index >= 15 is 0 Å². The maximum Gasteiger partial charge on any atom is 0.210 e. The Morgan fingerprint density at radius 1 is 1.13 bits per heavy atom. The second-order valence-electron chi connectivity index (χ2n) is 6.63. The Bertz CT molecular complexity index is 1230. The lowest BCUT2D eigenvalue weighted by molar-refractivity contribution is 0.102. The van der Waals surface area contributed by atoms with Crippen LogP contribution in [0.15, 0.2) is 47.6 Å². The maximum atomic E-state index is 12.9. The van der Waals surface area contributed by atoms with Crippen LogP contribution in [0.25, 0.3) is 22.3 Å². The number of fused-ring (bicyclic) bond motifs is 1. The molecule has 0 saturated carbocycles. The first kappa shape index (κ1) is 19.8. The molecule has 0 spiro atoms. The number of methoxy groups -OCH3 is 2. The van der Waals surface area contributed by atoms with E-state index in [1.54, 1.807) is 26.4 Å². The van der Waals surface area contributed by atoms with E-state index in [4.69, 9.17) is 15.3 Å². The van der Waals surface area contributed by atoms with Gasteiger partial charge in [0.15, 0.2) is 23.1 Å². The zero-order chi connectivity index (χ0) is 21.3. The molecule has 30 heavy (non-hydrogen) atoms. The number of aromatic amines is 1. The summed E-state index contributed by atoms with van der Waals surface area (Å²) in [5, 5.41) is 9.69. The zero-order valence-corrected chi connectivity index (χ0v) is 17.6. The summed E-state index contributed by atoms with van der Waals surface area (Å²) in [6.07, 6.45) is 0. The molecule has 0 aliphatic heterocycles. The lowest BCUT2D eigenvalue weighted by atomic mass is 10.1. The molecule has 154 valence electrons. The fourth-order valence-electron chi connectivity index (χ4n) is 3.39. The summed E-state index contributed by atoms with van der Waals surface area (Å²) < 4.78 is 12.0. The molecule has 0 aliphatic rings. The van der Waals surface area contributed by atoms with Crippen molar-refractivity contribution in [2.75, 3.05) is 25.8 Å². The smallest absolute Gasteiger partial charge is 0.210 e. The number of hydrogen-bond acceptors (Lipinski definition) is 7. The van der Waals surface area contributed by atoms with Gasteiger partial charge in [-0.2, -0.15) is 0 Å². The van der Waals surface area contributed by atoms with Gasteiger partial charge in [-0.3, -0.25) is 4.79 Å². The van der Waals surface area contributed by atoms with Gasteiger partial charge in [0.1, 0.15) is 0 Å². The summed E-state index contributed by atoms with van der Waals surface area (Å²) >= 11 is 1.25. The highest BCUT2D eigenvalue weighted by atomic mass is 32.2. The quantitative estimate of drug-likeness (QED) is 0.266. The molecule has 0 saturated heterocycles. The highest BCUT2D eigenvalue weighted by Crippen LogP contribution is 2.32. The van der Waals surface area contributed by atoms with Crippen molar-refractivity contribution >= 4 is 28.4 Å². The molecule has 0 bridgehead atoms. The number of benzene rings is 2. The van der Waals surface area contributed by atoms with Gasteiger partial charge in [-0.05, 0) is 31.2 Å². The molecular formula is C21H21N5O3S. The molecule has 0 amide bonds. The molecule has 4 aromatic rings. The van der Waals surface area contributed by atoms with E-state index in [-0.39, 0.29) is 11.5 Å². The van der Waals surface area contributed by atoms with Crippen LogP contribution in [0.2, 0.25) is 0 Å². The fourth-order valence-corrected chi connectivity index (χ4v) is 4.11. The van der Waals surface area contributed by atoms with Gasteiger partial charge in [-0.15, -0.1) is 10.2 Å². The number of nitrogens with two attached hydrogens (primary N) is 1. The van der Waals surface area contributed by atoms with Crippen LogP contribution in [0.3, 0.4) is 0 Å². The van der Waals surface area contributed by atoms with Crippen LogP contribution >= 0.6 is 11.8 Å². The van der Waals surface area contributed by atoms with Crippen LogP contribution in [0.4, 0.5) is 0 Å². The van der Waals surface area contributed by atoms with Crippen LogP contribution in [0.5, 0.6) is 11.5 Å². The van der Waals surface area contributed by atoms with Gasteiger partial charge in [0.05, 0.1) is 20.0 Å². The molecule has 2 aromatic carbocycles. The second kappa shape index (κ2) is 8.11. The van der Waals surface area contributed by atoms with E-state index in [0.29, 0.717) is 28.0 Å². The maximum absolute atomic E-state index is 12.9. The van der Waals surface area contributed by atoms with Crippen molar-refractivity contribution in [2.45, 2.75) is 12.1 Å². The Morgan fingerprint density at radius 2 is 1.90 bits per heavy atom. The number of Topliss-reactive ketones (excluding diaryl/α,β-unsaturated/α-hetero) is 1. The Kier molecular flexibility index (Phi) is 5.37. The number of aryl methyl sites for hydroxylation is 1. The van der Waals surface area contributed by atoms with Crippen LogP contribution in [-0.2, 0) is 0 Å². The largest absolute Gasteiger partial charge is 0.493 e. The van der Waals surface area contributed by atoms with Crippen molar-refractivity contribution in [2.24, 2.45) is 0 Å². The van der Waals surface area contributed by atoms with Gasteiger partial charge in [-0.25, -0.2) is 4.68 Å². The average molecular weight is 423 g/mol. The predicted molar refractivity (Wildman–Crippen MR) is 117 cm³/mol. The van der Waals surface area contributed by atoms with Crippen LogP contribution in [-0.4, -0.2) is 45.6 Å². The minimum absolute atomic E-state index is 0.00520. The molecule has 0 unspecified atom stereocenters. The number of aromatic nitrogens is 4. The number of carbonyl (C=O) groups is 1. The van der Waals surface area contributed by atoms with Gasteiger partial charge >= 0.3 is 0 Å². The van der Waals surface area contributed by atoms with Gasteiger partial charge in [0.2, 0.25) is 5.16 Å². The minimum Gasteiger partial charge on any atom is -0.493 e. The Hall–Kier alpha value is -3.46. The van der Waals surface area contributed by atoms with Crippen molar-refractivity contribution in [3.63, 3.8) is 0 Å². The molecule has 4 rings (SSSR count). The number of nitrogen functional groups attached to an aromatic ring is 1. The molecule has 0 atom stereocenters. The second-order valence-corrected chi connectivity index (χ2v) is 7.57. The lowest BCUT2D eigenvalue weighted by Gasteiger charge is -2.09. The average Bonchev–Trinajstić information content (AvgIpc) is 3.30. The number of carbonyl (C=O) groups excluding carboxylic acids is 1. The molecule has 3 N–H and O–H groups in total. The number of H-pyrrole nitrogens is 1. The van der Waals surface area contributed by atoms with Crippen molar-refractivity contribution in [1.29, 1.82) is 0 Å². The van der Waals surface area contributed by atoms with Gasteiger partial charge in [0, 0.05) is 27.7 Å². The van der Waals surface area contributed by atoms with E-state index in [0.717, 1.165) is 22.2 Å². The fraction of sp³-hybridized carbons (Fsp3) is 0.190. The first-order valence-electron chi connectivity index (χ1n) is 9.19. The van der Waals surface area contributed by atoms with Crippen LogP contribution < -0.4 is 15.3 Å². The summed E-state index contributed by atoms with van der Waals surface area (Å²) in [7, 11) is 3.14. The van der Waals surface area contributed by atoms with Crippen molar-refractivity contribution in [3.8, 4) is 22.9 Å². The monoisotopic (exact) mass is 423 g/mol. The number of nitrogens with zero attached hydrogens (tertiary/aromatic N) is 3. The third-order valence-corrected chi connectivity index (χ3v) is 5.75. The Balaban J connectivity index is 1.55. The molecule has 2 heterocycles. The SMILES string of the molecule is COc1ccc(-c2nnc(SCC(=O)c3c(C)[nH]c4ccccc34)n2N)cc1OC. The first-order chi connectivity index (χ1) is 14.5. The highest BCUT2D eigenvalue weighted by Gasteiger charge is 2.19. The van der Waals surface area contributed by atoms with E-state index in [1.807, 2.05) is 37.3 Å². The molecule has 2 aromatic heterocycles. The summed E-state index contributed by atoms with van der Waals surface area (Å²) in [5.74, 6) is 8.05. The summed E-state index contributed by atoms with van der Waals surface area (Å²) in [4.78, 5) is 16.1. The number of rotatable bonds is 7. The molecule has 0 radical (unpaired) electrons. The standard InChI is InChI=1S/C21H21N5O3S/c1-12-19(14-6-4-5-7-15(14)23-12)16(27)11-30-21-25-24-20(26(21)22)13-8-9-17(28-2)18(10-13)29-3/h4-10,23H,11,22H2,1-3H3. The topological polar surface area (TPSA) is 108 Å². The number of para-hydroxylation sites is 1. The summed E-state index contributed by atoms with van der Waals surface area (Å²) in [5.41, 5.74) is 3.22. The van der Waals surface area contributed by atoms with Crippen molar-refractivity contribution in [1.82, 2.24) is 19.9 Å². The van der Waals surface area contributed by atoms with E-state index in [1.165, 1.54) is 16.4 Å². The van der Waals surface area contributed by atoms with E-state index in [2.05, 4.69) is 15.2 Å². The van der Waals surface area contributed by atoms with Gasteiger partial charge < -0.3 is 20.3 Å². The van der Waals surface area contributed by atoms with Gasteiger partial charge in [0.25, 0.3) is 0 Å². The lowest BCUT2D eigenvalue weighted by Crippen LogP contribution is -2.13. The summed E-state index contributed by atoms with van der Waals surface area (Å²) in [6, 6.07) is 13.1. The number of ketones is 1. The van der Waals surface area contributed by atoms with Crippen LogP contribution in [0, 0.1) is 6.92 Å². The Morgan fingerprint density at radius 3 is 2.67 bits per heavy atom. The molecule has 8 nitrogen and oxygen atoms in total. The third-order valence-electron chi connectivity index (χ3n) is 4.81. The normalized spacial score (nSPS) is 11.0. The molecular weight excluding hydrogens is 402 g/mol. The highest BCUT2D eigenvalue weighted by molar-refractivity contribution is 7.99. The van der Waals surface area contributed by atoms with Crippen molar-refractivity contribution < 1.29 is 14.3 Å². The minimum atomic E-state index is 0.00520. The first-order valence-corrected chi connectivity index (χ1v) is 10.2. The zero-order valence-electron chi connectivity index (χ0n) is 16.8. The van der Waals surface area contributed by atoms with E-state index in [9.17, 15) is 4.79 Å². The van der Waals surface area contributed by atoms with Gasteiger partial charge in [-0.1, -0.05) is 30.0 Å². The van der Waals surface area contributed by atoms with E-state index < -0.39 is 0 Å². The Labute approximate surface area is 177 Å². The number of nitrogens with one attached hydrogen (secondary N) is 1. The third kappa shape index (κ3) is 3.48. The molecule has 9 heteroatoms. The van der Waals surface area contributed by atoms with Crippen molar-refractivity contribution in [3.05, 3.63) is 53.7 Å². The molecule has 0 fully saturated rings. The molecule has 0 aliphatic carbocycles. The summed E-state index contributed by atoms with van der Waals surface area (Å²) in [6.45, 7) is 1.90. The number of hydrogen-bond donors (Lipinski definition) is 2. The van der Waals surface area contributed by atoms with Crippen LogP contribution in [0.1, 0.15) is 16.1 Å². The number of thioether (sulfide) groups is 1. The number of ether oxygens (including phenoxy) is 2.